The van der Waals surface area contributed by atoms with Gasteiger partial charge in [0.1, 0.15) is 0 Å². The van der Waals surface area contributed by atoms with Gasteiger partial charge in [-0.3, -0.25) is 4.79 Å². The summed E-state index contributed by atoms with van der Waals surface area (Å²) in [4.78, 5) is 16.8. The third-order valence-corrected chi connectivity index (χ3v) is 8.13. The molecular formula is C21H18ClF2N3O3S2. The van der Waals surface area contributed by atoms with E-state index >= 15 is 0 Å². The highest BCUT2D eigenvalue weighted by atomic mass is 35.5. The lowest BCUT2D eigenvalue weighted by molar-refractivity contribution is -0.120. The summed E-state index contributed by atoms with van der Waals surface area (Å²) in [5, 5.41) is 5.70. The Balaban J connectivity index is 1.36. The number of sulfonamides is 1. The highest BCUT2D eigenvalue weighted by Gasteiger charge is 2.32. The Kier molecular flexibility index (Phi) is 6.57. The summed E-state index contributed by atoms with van der Waals surface area (Å²) in [6, 6.07) is 9.69. The molecule has 3 aromatic rings. The van der Waals surface area contributed by atoms with Gasteiger partial charge < -0.3 is 5.32 Å². The Morgan fingerprint density at radius 3 is 2.44 bits per heavy atom. The van der Waals surface area contributed by atoms with Crippen molar-refractivity contribution in [1.29, 1.82) is 0 Å². The molecule has 168 valence electrons. The number of benzene rings is 2. The molecule has 1 amide bonds. The van der Waals surface area contributed by atoms with Gasteiger partial charge in [0.25, 0.3) is 0 Å². The first-order chi connectivity index (χ1) is 15.2. The maximum atomic E-state index is 13.5. The smallest absolute Gasteiger partial charge is 0.243 e. The van der Waals surface area contributed by atoms with E-state index in [0.29, 0.717) is 29.1 Å². The summed E-state index contributed by atoms with van der Waals surface area (Å²) in [7, 11) is -3.96. The average molecular weight is 498 g/mol. The zero-order valence-corrected chi connectivity index (χ0v) is 19.0. The first-order valence-electron chi connectivity index (χ1n) is 9.71. The number of hydrogen-bond acceptors (Lipinski definition) is 5. The normalized spacial score (nSPS) is 15.6. The second-order valence-corrected chi connectivity index (χ2v) is 10.5. The van der Waals surface area contributed by atoms with Crippen molar-refractivity contribution in [2.24, 2.45) is 5.92 Å². The van der Waals surface area contributed by atoms with Gasteiger partial charge >= 0.3 is 0 Å². The topological polar surface area (TPSA) is 79.4 Å². The van der Waals surface area contributed by atoms with Gasteiger partial charge in [-0.05, 0) is 43.2 Å². The Labute approximate surface area is 192 Å². The lowest BCUT2D eigenvalue weighted by Gasteiger charge is -2.30. The maximum absolute atomic E-state index is 13.5. The van der Waals surface area contributed by atoms with Crippen LogP contribution in [0.5, 0.6) is 0 Å². The van der Waals surface area contributed by atoms with Crippen molar-refractivity contribution in [1.82, 2.24) is 9.29 Å². The zero-order valence-electron chi connectivity index (χ0n) is 16.6. The van der Waals surface area contributed by atoms with Crippen LogP contribution in [0.15, 0.2) is 52.7 Å². The summed E-state index contributed by atoms with van der Waals surface area (Å²) in [5.74, 6) is -2.94. The number of rotatable bonds is 5. The third kappa shape index (κ3) is 4.83. The molecule has 1 N–H and O–H groups in total. The second kappa shape index (κ2) is 9.22. The van der Waals surface area contributed by atoms with Crippen LogP contribution in [0, 0.1) is 17.6 Å². The van der Waals surface area contributed by atoms with E-state index in [1.807, 2.05) is 17.5 Å². The molecule has 0 aliphatic carbocycles. The summed E-state index contributed by atoms with van der Waals surface area (Å²) >= 11 is 7.19. The monoisotopic (exact) mass is 497 g/mol. The van der Waals surface area contributed by atoms with Crippen LogP contribution in [0.4, 0.5) is 13.9 Å². The number of halogens is 3. The van der Waals surface area contributed by atoms with Crippen molar-refractivity contribution in [3.8, 4) is 11.3 Å². The lowest BCUT2D eigenvalue weighted by atomic mass is 9.97. The van der Waals surface area contributed by atoms with Gasteiger partial charge in [0, 0.05) is 35.0 Å². The van der Waals surface area contributed by atoms with E-state index in [1.54, 1.807) is 12.1 Å². The maximum Gasteiger partial charge on any atom is 0.243 e. The van der Waals surface area contributed by atoms with Crippen LogP contribution in [0.2, 0.25) is 5.02 Å². The molecule has 2 heterocycles. The number of nitrogens with zero attached hydrogens (tertiary/aromatic N) is 2. The third-order valence-electron chi connectivity index (χ3n) is 5.23. The average Bonchev–Trinajstić information content (AvgIpc) is 3.24. The van der Waals surface area contributed by atoms with Crippen LogP contribution >= 0.6 is 22.9 Å². The minimum absolute atomic E-state index is 0.104. The quantitative estimate of drug-likeness (QED) is 0.550. The molecule has 4 rings (SSSR count). The predicted octanol–water partition coefficient (Wildman–Crippen LogP) is 4.78. The summed E-state index contributed by atoms with van der Waals surface area (Å²) < 4.78 is 53.2. The molecule has 1 fully saturated rings. The van der Waals surface area contributed by atoms with E-state index in [1.165, 1.54) is 15.6 Å². The standard InChI is InChI=1S/C21H18ClF2N3O3S2/c22-15-3-1-13(2-4-15)19-12-31-21(25-19)26-20(28)14-7-9-27(10-8-14)32(29,30)16-5-6-17(23)18(24)11-16/h1-6,11-12,14H,7-10H2,(H,25,26,28). The van der Waals surface area contributed by atoms with Crippen molar-refractivity contribution in [3.05, 3.63) is 64.5 Å². The van der Waals surface area contributed by atoms with Crippen LogP contribution in [0.25, 0.3) is 11.3 Å². The van der Waals surface area contributed by atoms with Gasteiger partial charge in [0.15, 0.2) is 16.8 Å². The zero-order chi connectivity index (χ0) is 22.9. The Bertz CT molecular complexity index is 1240. The van der Waals surface area contributed by atoms with Crippen molar-refractivity contribution in [3.63, 3.8) is 0 Å². The Morgan fingerprint density at radius 1 is 1.09 bits per heavy atom. The van der Waals surface area contributed by atoms with Crippen molar-refractivity contribution >= 4 is 44.0 Å². The van der Waals surface area contributed by atoms with Crippen molar-refractivity contribution in [2.45, 2.75) is 17.7 Å². The summed E-state index contributed by atoms with van der Waals surface area (Å²) in [6.45, 7) is 0.209. The molecule has 1 aromatic heterocycles. The largest absolute Gasteiger partial charge is 0.302 e. The van der Waals surface area contributed by atoms with Crippen LogP contribution in [-0.4, -0.2) is 36.7 Å². The molecule has 0 spiro atoms. The molecule has 0 bridgehead atoms. The highest BCUT2D eigenvalue weighted by Crippen LogP contribution is 2.28. The van der Waals surface area contributed by atoms with Gasteiger partial charge in [-0.1, -0.05) is 23.7 Å². The van der Waals surface area contributed by atoms with Gasteiger partial charge in [-0.25, -0.2) is 22.2 Å². The number of thiazole rings is 1. The number of piperidine rings is 1. The molecule has 32 heavy (non-hydrogen) atoms. The number of amides is 1. The molecular weight excluding hydrogens is 480 g/mol. The molecule has 0 radical (unpaired) electrons. The molecule has 1 aliphatic rings. The minimum atomic E-state index is -3.96. The highest BCUT2D eigenvalue weighted by molar-refractivity contribution is 7.89. The molecule has 0 atom stereocenters. The Hall–Kier alpha value is -2.40. The van der Waals surface area contributed by atoms with E-state index in [-0.39, 0.29) is 29.8 Å². The minimum Gasteiger partial charge on any atom is -0.302 e. The molecule has 6 nitrogen and oxygen atoms in total. The fourth-order valence-electron chi connectivity index (χ4n) is 3.44. The summed E-state index contributed by atoms with van der Waals surface area (Å²) in [5.41, 5.74) is 1.59. The molecule has 11 heteroatoms. The van der Waals surface area contributed by atoms with E-state index in [4.69, 9.17) is 11.6 Å². The van der Waals surface area contributed by atoms with Gasteiger partial charge in [0.2, 0.25) is 15.9 Å². The van der Waals surface area contributed by atoms with Crippen molar-refractivity contribution in [2.75, 3.05) is 18.4 Å². The van der Waals surface area contributed by atoms with Gasteiger partial charge in [-0.15, -0.1) is 11.3 Å². The Morgan fingerprint density at radius 2 is 1.78 bits per heavy atom. The second-order valence-electron chi connectivity index (χ2n) is 7.29. The van der Waals surface area contributed by atoms with Gasteiger partial charge in [-0.2, -0.15) is 4.31 Å². The lowest BCUT2D eigenvalue weighted by Crippen LogP contribution is -2.41. The first-order valence-corrected chi connectivity index (χ1v) is 12.4. The molecule has 2 aromatic carbocycles. The van der Waals surface area contributed by atoms with Crippen LogP contribution in [0.3, 0.4) is 0 Å². The molecule has 1 aliphatic heterocycles. The SMILES string of the molecule is O=C(Nc1nc(-c2ccc(Cl)cc2)cs1)C1CCN(S(=O)(=O)c2ccc(F)c(F)c2)CC1. The summed E-state index contributed by atoms with van der Waals surface area (Å²) in [6.07, 6.45) is 0.619. The van der Waals surface area contributed by atoms with Crippen molar-refractivity contribution < 1.29 is 22.0 Å². The first kappa shape index (κ1) is 22.8. The van der Waals surface area contributed by atoms with E-state index in [9.17, 15) is 22.0 Å². The number of anilines is 1. The van der Waals surface area contributed by atoms with Crippen LogP contribution in [0.1, 0.15) is 12.8 Å². The fraction of sp³-hybridized carbons (Fsp3) is 0.238. The predicted molar refractivity (Wildman–Crippen MR) is 119 cm³/mol. The molecule has 1 saturated heterocycles. The van der Waals surface area contributed by atoms with Crippen LogP contribution < -0.4 is 5.32 Å². The molecule has 0 saturated carbocycles. The van der Waals surface area contributed by atoms with E-state index in [0.717, 1.165) is 23.4 Å². The number of carbonyl (C=O) groups is 1. The van der Waals surface area contributed by atoms with E-state index in [2.05, 4.69) is 10.3 Å². The number of carbonyl (C=O) groups excluding carboxylic acids is 1. The number of nitrogens with one attached hydrogen (secondary N) is 1. The van der Waals surface area contributed by atoms with Crippen LogP contribution in [-0.2, 0) is 14.8 Å². The van der Waals surface area contributed by atoms with E-state index < -0.39 is 21.7 Å². The van der Waals surface area contributed by atoms with Gasteiger partial charge in [0.05, 0.1) is 10.6 Å². The number of aromatic nitrogens is 1. The fourth-order valence-corrected chi connectivity index (χ4v) is 5.77. The number of hydrogen-bond donors (Lipinski definition) is 1. The molecule has 0 unspecified atom stereocenters.